The monoisotopic (exact) mass is 286 g/mol. The zero-order valence-corrected chi connectivity index (χ0v) is 11.1. The van der Waals surface area contributed by atoms with Crippen LogP contribution in [-0.2, 0) is 17.5 Å². The molecule has 1 aromatic heterocycles. The fourth-order valence-electron chi connectivity index (χ4n) is 1.76. The van der Waals surface area contributed by atoms with Gasteiger partial charge in [-0.2, -0.15) is 13.2 Å². The van der Waals surface area contributed by atoms with E-state index >= 15 is 0 Å². The van der Waals surface area contributed by atoms with E-state index in [2.05, 4.69) is 0 Å². The lowest BCUT2D eigenvalue weighted by molar-refractivity contribution is -0.133. The summed E-state index contributed by atoms with van der Waals surface area (Å²) in [6, 6.07) is 10.2. The Morgan fingerprint density at radius 3 is 2.42 bits per heavy atom. The summed E-state index contributed by atoms with van der Waals surface area (Å²) in [6.07, 6.45) is -4.33. The molecule has 0 N–H and O–H groups in total. The molecule has 1 heterocycles. The molecular formula is C14H13F3OS. The first kappa shape index (κ1) is 14.1. The summed E-state index contributed by atoms with van der Waals surface area (Å²) in [5.74, 6) is 0. The standard InChI is InChI=1S/C14H13F3OS/c1-2-18-9-11-8-12(10-6-4-3-5-7-10)13(19-11)14(15,16)17/h3-8H,2,9H2,1H3. The van der Waals surface area contributed by atoms with E-state index in [0.717, 1.165) is 11.3 Å². The average molecular weight is 286 g/mol. The Hall–Kier alpha value is -1.33. The number of hydrogen-bond acceptors (Lipinski definition) is 2. The van der Waals surface area contributed by atoms with Crippen LogP contribution in [0.2, 0.25) is 0 Å². The van der Waals surface area contributed by atoms with Gasteiger partial charge in [-0.25, -0.2) is 0 Å². The maximum absolute atomic E-state index is 13.0. The van der Waals surface area contributed by atoms with Crippen LogP contribution in [0.4, 0.5) is 13.2 Å². The fourth-order valence-corrected chi connectivity index (χ4v) is 2.74. The molecule has 0 saturated carbocycles. The van der Waals surface area contributed by atoms with Gasteiger partial charge >= 0.3 is 6.18 Å². The smallest absolute Gasteiger partial charge is 0.376 e. The predicted molar refractivity (Wildman–Crippen MR) is 70.1 cm³/mol. The Kier molecular flexibility index (Phi) is 4.27. The summed E-state index contributed by atoms with van der Waals surface area (Å²) in [6.45, 7) is 2.52. The molecule has 0 amide bonds. The van der Waals surface area contributed by atoms with Gasteiger partial charge in [0.2, 0.25) is 0 Å². The number of hydrogen-bond donors (Lipinski definition) is 0. The second-order valence-electron chi connectivity index (χ2n) is 3.96. The van der Waals surface area contributed by atoms with Crippen LogP contribution in [0.3, 0.4) is 0 Å². The molecule has 0 bridgehead atoms. The molecule has 0 unspecified atom stereocenters. The molecule has 0 aliphatic carbocycles. The van der Waals surface area contributed by atoms with Crippen molar-refractivity contribution >= 4 is 11.3 Å². The van der Waals surface area contributed by atoms with Crippen LogP contribution in [0.25, 0.3) is 11.1 Å². The van der Waals surface area contributed by atoms with E-state index in [0.29, 0.717) is 17.0 Å². The number of halogens is 3. The molecule has 1 nitrogen and oxygen atoms in total. The maximum atomic E-state index is 13.0. The van der Waals surface area contributed by atoms with Gasteiger partial charge in [-0.1, -0.05) is 30.3 Å². The molecule has 2 aromatic rings. The van der Waals surface area contributed by atoms with Gasteiger partial charge in [0.15, 0.2) is 0 Å². The van der Waals surface area contributed by atoms with E-state index in [4.69, 9.17) is 4.74 Å². The second-order valence-corrected chi connectivity index (χ2v) is 5.09. The lowest BCUT2D eigenvalue weighted by atomic mass is 10.1. The van der Waals surface area contributed by atoms with E-state index in [9.17, 15) is 13.2 Å². The van der Waals surface area contributed by atoms with Gasteiger partial charge in [0.25, 0.3) is 0 Å². The highest BCUT2D eigenvalue weighted by atomic mass is 32.1. The average Bonchev–Trinajstić information content (AvgIpc) is 2.81. The van der Waals surface area contributed by atoms with Crippen molar-refractivity contribution in [2.24, 2.45) is 0 Å². The summed E-state index contributed by atoms with van der Waals surface area (Å²) in [5, 5.41) is 0. The molecule has 0 aliphatic heterocycles. The van der Waals surface area contributed by atoms with E-state index in [1.807, 2.05) is 6.92 Å². The SMILES string of the molecule is CCOCc1cc(-c2ccccc2)c(C(F)(F)F)s1. The summed E-state index contributed by atoms with van der Waals surface area (Å²) < 4.78 is 44.3. The number of alkyl halides is 3. The van der Waals surface area contributed by atoms with Crippen LogP contribution in [0.15, 0.2) is 36.4 Å². The van der Waals surface area contributed by atoms with Gasteiger partial charge in [-0.15, -0.1) is 11.3 Å². The van der Waals surface area contributed by atoms with Crippen LogP contribution in [0.5, 0.6) is 0 Å². The summed E-state index contributed by atoms with van der Waals surface area (Å²) >= 11 is 0.751. The van der Waals surface area contributed by atoms with Gasteiger partial charge in [-0.05, 0) is 18.6 Å². The van der Waals surface area contributed by atoms with Crippen LogP contribution < -0.4 is 0 Å². The van der Waals surface area contributed by atoms with E-state index in [-0.39, 0.29) is 12.2 Å². The molecule has 0 atom stereocenters. The first-order valence-corrected chi connectivity index (χ1v) is 6.67. The normalized spacial score (nSPS) is 11.8. The molecule has 0 fully saturated rings. The first-order valence-electron chi connectivity index (χ1n) is 5.85. The van der Waals surface area contributed by atoms with E-state index in [1.54, 1.807) is 36.4 Å². The highest BCUT2D eigenvalue weighted by Crippen LogP contribution is 2.42. The topological polar surface area (TPSA) is 9.23 Å². The molecule has 102 valence electrons. The lowest BCUT2D eigenvalue weighted by Crippen LogP contribution is -2.03. The molecule has 0 radical (unpaired) electrons. The van der Waals surface area contributed by atoms with Crippen LogP contribution in [0.1, 0.15) is 16.7 Å². The van der Waals surface area contributed by atoms with E-state index in [1.165, 1.54) is 0 Å². The summed E-state index contributed by atoms with van der Waals surface area (Å²) in [7, 11) is 0. The Bertz CT molecular complexity index is 531. The van der Waals surface area contributed by atoms with Crippen molar-refractivity contribution in [2.75, 3.05) is 6.61 Å². The van der Waals surface area contributed by atoms with Gasteiger partial charge in [-0.3, -0.25) is 0 Å². The van der Waals surface area contributed by atoms with Crippen molar-refractivity contribution in [2.45, 2.75) is 19.7 Å². The zero-order valence-electron chi connectivity index (χ0n) is 10.3. The zero-order chi connectivity index (χ0) is 13.9. The molecule has 0 aliphatic rings. The molecular weight excluding hydrogens is 273 g/mol. The van der Waals surface area contributed by atoms with Crippen molar-refractivity contribution in [3.05, 3.63) is 46.2 Å². The highest BCUT2D eigenvalue weighted by Gasteiger charge is 2.36. The molecule has 0 saturated heterocycles. The molecule has 5 heteroatoms. The van der Waals surface area contributed by atoms with Gasteiger partial charge in [0.1, 0.15) is 4.88 Å². The molecule has 0 spiro atoms. The molecule has 2 rings (SSSR count). The Morgan fingerprint density at radius 1 is 1.16 bits per heavy atom. The van der Waals surface area contributed by atoms with Gasteiger partial charge < -0.3 is 4.74 Å². The highest BCUT2D eigenvalue weighted by molar-refractivity contribution is 7.12. The largest absolute Gasteiger partial charge is 0.426 e. The first-order chi connectivity index (χ1) is 9.02. The Balaban J connectivity index is 2.43. The number of benzene rings is 1. The summed E-state index contributed by atoms with van der Waals surface area (Å²) in [4.78, 5) is 0.0291. The predicted octanol–water partition coefficient (Wildman–Crippen LogP) is 4.97. The quantitative estimate of drug-likeness (QED) is 0.771. The summed E-state index contributed by atoms with van der Waals surface area (Å²) in [5.41, 5.74) is 0.807. The van der Waals surface area contributed by atoms with E-state index < -0.39 is 11.1 Å². The number of rotatable bonds is 4. The fraction of sp³-hybridized carbons (Fsp3) is 0.286. The third kappa shape index (κ3) is 3.36. The van der Waals surface area contributed by atoms with Crippen molar-refractivity contribution in [1.82, 2.24) is 0 Å². The minimum Gasteiger partial charge on any atom is -0.376 e. The van der Waals surface area contributed by atoms with Gasteiger partial charge in [0, 0.05) is 17.0 Å². The van der Waals surface area contributed by atoms with Crippen LogP contribution in [-0.4, -0.2) is 6.61 Å². The third-order valence-electron chi connectivity index (χ3n) is 2.57. The molecule has 1 aromatic carbocycles. The van der Waals surface area contributed by atoms with Crippen molar-refractivity contribution in [3.63, 3.8) is 0 Å². The van der Waals surface area contributed by atoms with Crippen molar-refractivity contribution < 1.29 is 17.9 Å². The number of ether oxygens (including phenoxy) is 1. The maximum Gasteiger partial charge on any atom is 0.426 e. The minimum atomic E-state index is -4.33. The Labute approximate surface area is 113 Å². The minimum absolute atomic E-state index is 0.219. The van der Waals surface area contributed by atoms with Crippen molar-refractivity contribution in [1.29, 1.82) is 0 Å². The number of thiophene rings is 1. The third-order valence-corrected chi connectivity index (χ3v) is 3.73. The van der Waals surface area contributed by atoms with Crippen molar-refractivity contribution in [3.8, 4) is 11.1 Å². The van der Waals surface area contributed by atoms with Gasteiger partial charge in [0.05, 0.1) is 6.61 Å². The van der Waals surface area contributed by atoms with Crippen LogP contribution in [0, 0.1) is 0 Å². The second kappa shape index (κ2) is 5.75. The molecule has 19 heavy (non-hydrogen) atoms. The van der Waals surface area contributed by atoms with Crippen LogP contribution >= 0.6 is 11.3 Å². The lowest BCUT2D eigenvalue weighted by Gasteiger charge is -2.07. The Morgan fingerprint density at radius 2 is 1.84 bits per heavy atom.